The number of aromatic nitrogens is 5. The Morgan fingerprint density at radius 1 is 1.20 bits per heavy atom. The van der Waals surface area contributed by atoms with Crippen molar-refractivity contribution in [3.05, 3.63) is 64.8 Å². The van der Waals surface area contributed by atoms with Crippen molar-refractivity contribution < 1.29 is 4.79 Å². The van der Waals surface area contributed by atoms with Crippen molar-refractivity contribution in [2.45, 2.75) is 39.5 Å². The summed E-state index contributed by atoms with van der Waals surface area (Å²) in [5, 5.41) is 5.89. The van der Waals surface area contributed by atoms with Crippen molar-refractivity contribution in [2.75, 3.05) is 0 Å². The first-order valence-electron chi connectivity index (χ1n) is 10.0. The second kappa shape index (κ2) is 7.57. The Kier molecular flexibility index (Phi) is 4.75. The molecule has 150 valence electrons. The number of carbonyl (C=O) groups excluding carboxylic acids is 1. The Morgan fingerprint density at radius 2 is 2.10 bits per heavy atom. The van der Waals surface area contributed by atoms with Crippen molar-refractivity contribution in [1.82, 2.24) is 24.7 Å². The zero-order chi connectivity index (χ0) is 20.7. The Bertz CT molecular complexity index is 1220. The molecule has 1 aliphatic carbocycles. The van der Waals surface area contributed by atoms with Crippen LogP contribution in [0.15, 0.2) is 42.9 Å². The lowest BCUT2D eigenvalue weighted by Crippen LogP contribution is -2.00. The lowest BCUT2D eigenvalue weighted by molar-refractivity contribution is -0.116. The highest BCUT2D eigenvalue weighted by atomic mass is 32.1. The number of fused-ring (bicyclic) bond motifs is 3. The SMILES string of the molecule is CC(=O)Cc1nc2c(s1)-c1c(c(-c3ccc(C)nc3)nn1-c1cccnc1)CCC2. The van der Waals surface area contributed by atoms with Gasteiger partial charge in [-0.2, -0.15) is 5.10 Å². The fourth-order valence-corrected chi connectivity index (χ4v) is 5.14. The zero-order valence-electron chi connectivity index (χ0n) is 16.9. The largest absolute Gasteiger partial charge is 0.300 e. The molecule has 4 aromatic rings. The van der Waals surface area contributed by atoms with Crippen LogP contribution in [0.5, 0.6) is 0 Å². The quantitative estimate of drug-likeness (QED) is 0.494. The molecule has 0 radical (unpaired) electrons. The first-order valence-corrected chi connectivity index (χ1v) is 10.9. The van der Waals surface area contributed by atoms with Crippen molar-refractivity contribution in [3.8, 4) is 27.5 Å². The molecule has 0 aromatic carbocycles. The summed E-state index contributed by atoms with van der Waals surface area (Å²) in [6.07, 6.45) is 8.68. The lowest BCUT2D eigenvalue weighted by Gasteiger charge is -2.06. The molecular weight excluding hydrogens is 394 g/mol. The summed E-state index contributed by atoms with van der Waals surface area (Å²) in [5.74, 6) is 0.131. The van der Waals surface area contributed by atoms with Gasteiger partial charge in [-0.1, -0.05) is 0 Å². The average molecular weight is 416 g/mol. The van der Waals surface area contributed by atoms with Gasteiger partial charge in [0.15, 0.2) is 0 Å². The molecule has 0 saturated carbocycles. The van der Waals surface area contributed by atoms with Crippen LogP contribution in [0.1, 0.15) is 35.3 Å². The van der Waals surface area contributed by atoms with Gasteiger partial charge < -0.3 is 0 Å². The number of thiazole rings is 1. The van der Waals surface area contributed by atoms with Crippen LogP contribution in [0.2, 0.25) is 0 Å². The van der Waals surface area contributed by atoms with Gasteiger partial charge in [0.05, 0.1) is 40.3 Å². The Morgan fingerprint density at radius 3 is 2.83 bits per heavy atom. The van der Waals surface area contributed by atoms with Crippen molar-refractivity contribution >= 4 is 17.1 Å². The van der Waals surface area contributed by atoms with E-state index < -0.39 is 0 Å². The molecule has 0 unspecified atom stereocenters. The molecule has 7 heteroatoms. The summed E-state index contributed by atoms with van der Waals surface area (Å²) in [6.45, 7) is 3.60. The van der Waals surface area contributed by atoms with Gasteiger partial charge in [0.2, 0.25) is 0 Å². The maximum Gasteiger partial charge on any atom is 0.136 e. The summed E-state index contributed by atoms with van der Waals surface area (Å²) in [5.41, 5.74) is 7.20. The summed E-state index contributed by atoms with van der Waals surface area (Å²) >= 11 is 1.61. The van der Waals surface area contributed by atoms with Crippen LogP contribution in [-0.4, -0.2) is 30.5 Å². The highest BCUT2D eigenvalue weighted by molar-refractivity contribution is 7.15. The summed E-state index contributed by atoms with van der Waals surface area (Å²) in [7, 11) is 0. The van der Waals surface area contributed by atoms with E-state index in [1.54, 1.807) is 24.5 Å². The molecule has 1 aliphatic rings. The smallest absolute Gasteiger partial charge is 0.136 e. The number of Topliss-reactive ketones (excluding diaryl/α,β-unsaturated/α-hetero) is 1. The van der Waals surface area contributed by atoms with Gasteiger partial charge in [-0.25, -0.2) is 9.67 Å². The summed E-state index contributed by atoms with van der Waals surface area (Å²) in [4.78, 5) is 26.4. The van der Waals surface area contributed by atoms with Crippen LogP contribution in [0.25, 0.3) is 27.5 Å². The van der Waals surface area contributed by atoms with E-state index in [-0.39, 0.29) is 5.78 Å². The predicted octanol–water partition coefficient (Wildman–Crippen LogP) is 4.38. The number of hydrogen-bond donors (Lipinski definition) is 0. The minimum Gasteiger partial charge on any atom is -0.300 e. The van der Waals surface area contributed by atoms with Crippen LogP contribution in [0.3, 0.4) is 0 Å². The number of ketones is 1. The average Bonchev–Trinajstić information content (AvgIpc) is 3.25. The highest BCUT2D eigenvalue weighted by Gasteiger charge is 2.28. The van der Waals surface area contributed by atoms with Gasteiger partial charge in [0.1, 0.15) is 10.8 Å². The molecule has 0 spiro atoms. The molecule has 0 bridgehead atoms. The van der Waals surface area contributed by atoms with Gasteiger partial charge in [-0.3, -0.25) is 14.8 Å². The third-order valence-corrected chi connectivity index (χ3v) is 6.36. The van der Waals surface area contributed by atoms with E-state index in [9.17, 15) is 4.79 Å². The molecule has 0 fully saturated rings. The molecule has 6 nitrogen and oxygen atoms in total. The molecule has 30 heavy (non-hydrogen) atoms. The molecule has 4 aromatic heterocycles. The van der Waals surface area contributed by atoms with Gasteiger partial charge in [0.25, 0.3) is 0 Å². The number of nitrogens with zero attached hydrogens (tertiary/aromatic N) is 5. The molecule has 0 N–H and O–H groups in total. The maximum absolute atomic E-state index is 11.7. The number of carbonyl (C=O) groups is 1. The van der Waals surface area contributed by atoms with E-state index in [1.807, 2.05) is 42.2 Å². The molecule has 0 aliphatic heterocycles. The third-order valence-electron chi connectivity index (χ3n) is 5.26. The normalized spacial score (nSPS) is 12.9. The van der Waals surface area contributed by atoms with Crippen molar-refractivity contribution in [1.29, 1.82) is 0 Å². The molecule has 0 atom stereocenters. The van der Waals surface area contributed by atoms with Crippen molar-refractivity contribution in [3.63, 3.8) is 0 Å². The fourth-order valence-electron chi connectivity index (χ4n) is 3.90. The maximum atomic E-state index is 11.7. The first kappa shape index (κ1) is 18.8. The first-order chi connectivity index (χ1) is 14.6. The lowest BCUT2D eigenvalue weighted by atomic mass is 10.0. The van der Waals surface area contributed by atoms with Crippen LogP contribution >= 0.6 is 11.3 Å². The minimum atomic E-state index is 0.131. The van der Waals surface area contributed by atoms with Crippen LogP contribution in [0.4, 0.5) is 0 Å². The van der Waals surface area contributed by atoms with Crippen LogP contribution in [-0.2, 0) is 24.1 Å². The van der Waals surface area contributed by atoms with E-state index in [0.29, 0.717) is 6.42 Å². The van der Waals surface area contributed by atoms with Gasteiger partial charge in [0, 0.05) is 29.2 Å². The molecule has 0 saturated heterocycles. The summed E-state index contributed by atoms with van der Waals surface area (Å²) in [6, 6.07) is 8.03. The van der Waals surface area contributed by atoms with E-state index in [4.69, 9.17) is 10.1 Å². The Labute approximate surface area is 178 Å². The molecule has 5 rings (SSSR count). The van der Waals surface area contributed by atoms with Crippen LogP contribution < -0.4 is 0 Å². The van der Waals surface area contributed by atoms with Gasteiger partial charge in [-0.15, -0.1) is 11.3 Å². The van der Waals surface area contributed by atoms with E-state index in [0.717, 1.165) is 63.2 Å². The zero-order valence-corrected chi connectivity index (χ0v) is 17.7. The number of rotatable bonds is 4. The van der Waals surface area contributed by atoms with E-state index in [2.05, 4.69) is 16.0 Å². The molecule has 0 amide bonds. The minimum absolute atomic E-state index is 0.131. The predicted molar refractivity (Wildman–Crippen MR) is 117 cm³/mol. The van der Waals surface area contributed by atoms with Crippen LogP contribution in [0, 0.1) is 6.92 Å². The Balaban J connectivity index is 1.76. The topological polar surface area (TPSA) is 73.6 Å². The molecule has 4 heterocycles. The monoisotopic (exact) mass is 415 g/mol. The second-order valence-electron chi connectivity index (χ2n) is 7.60. The van der Waals surface area contributed by atoms with E-state index >= 15 is 0 Å². The van der Waals surface area contributed by atoms with Crippen molar-refractivity contribution in [2.24, 2.45) is 0 Å². The Hall–Kier alpha value is -3.19. The van der Waals surface area contributed by atoms with E-state index in [1.165, 1.54) is 5.56 Å². The number of hydrogen-bond acceptors (Lipinski definition) is 6. The van der Waals surface area contributed by atoms with Gasteiger partial charge >= 0.3 is 0 Å². The third kappa shape index (κ3) is 3.35. The molecular formula is C23H21N5OS. The fraction of sp³-hybridized carbons (Fsp3) is 0.261. The second-order valence-corrected chi connectivity index (χ2v) is 8.69. The number of pyridine rings is 2. The standard InChI is InChI=1S/C23H21N5OS/c1-14-8-9-16(12-25-14)21-18-6-3-7-19-23(30-20(26-19)11-15(2)29)22(18)28(27-21)17-5-4-10-24-13-17/h4-5,8-10,12-13H,3,6-7,11H2,1-2H3. The highest BCUT2D eigenvalue weighted by Crippen LogP contribution is 2.42. The number of aryl methyl sites for hydroxylation is 2. The van der Waals surface area contributed by atoms with Gasteiger partial charge in [-0.05, 0) is 57.4 Å². The summed E-state index contributed by atoms with van der Waals surface area (Å²) < 4.78 is 1.98.